The zero-order valence-corrected chi connectivity index (χ0v) is 13.5. The molecule has 0 aliphatic carbocycles. The highest BCUT2D eigenvalue weighted by Gasteiger charge is 2.19. The maximum absolute atomic E-state index is 10.3. The number of halogens is 1. The van der Waals surface area contributed by atoms with Gasteiger partial charge in [-0.3, -0.25) is 0 Å². The van der Waals surface area contributed by atoms with E-state index < -0.39 is 12.1 Å². The Kier molecular flexibility index (Phi) is 7.18. The van der Waals surface area contributed by atoms with Gasteiger partial charge in [-0.25, -0.2) is 0 Å². The number of methoxy groups -OCH3 is 2. The van der Waals surface area contributed by atoms with Gasteiger partial charge in [-0.05, 0) is 23.3 Å². The minimum absolute atomic E-state index is 0. The van der Waals surface area contributed by atoms with E-state index in [0.29, 0.717) is 17.9 Å². The fraction of sp³-hybridized carbons (Fsp3) is 0.294. The second-order valence-electron chi connectivity index (χ2n) is 4.90. The summed E-state index contributed by atoms with van der Waals surface area (Å²) in [6.45, 7) is 0. The molecule has 0 radical (unpaired) electrons. The molecule has 3 N–H and O–H groups in total. The molecule has 2 atom stereocenters. The molecule has 2 aromatic carbocycles. The van der Waals surface area contributed by atoms with Crippen LogP contribution in [0.2, 0.25) is 0 Å². The first kappa shape index (κ1) is 18.3. The monoisotopic (exact) mass is 323 g/mol. The Balaban J connectivity index is 0.00000242. The fourth-order valence-corrected chi connectivity index (χ4v) is 2.26. The molecule has 22 heavy (non-hydrogen) atoms. The summed E-state index contributed by atoms with van der Waals surface area (Å²) >= 11 is 0. The number of hydrogen-bond acceptors (Lipinski definition) is 4. The number of ether oxygens (including phenoxy) is 2. The summed E-state index contributed by atoms with van der Waals surface area (Å²) in [7, 11) is 3.16. The van der Waals surface area contributed by atoms with Crippen molar-refractivity contribution in [3.8, 4) is 11.5 Å². The van der Waals surface area contributed by atoms with Crippen LogP contribution < -0.4 is 15.2 Å². The molecule has 0 spiro atoms. The predicted octanol–water partition coefficient (Wildman–Crippen LogP) is 2.73. The van der Waals surface area contributed by atoms with E-state index >= 15 is 0 Å². The highest BCUT2D eigenvalue weighted by atomic mass is 35.5. The van der Waals surface area contributed by atoms with Crippen molar-refractivity contribution >= 4 is 12.4 Å². The van der Waals surface area contributed by atoms with E-state index in [4.69, 9.17) is 15.2 Å². The number of benzene rings is 2. The van der Waals surface area contributed by atoms with Gasteiger partial charge in [-0.1, -0.05) is 36.4 Å². The average Bonchev–Trinajstić information content (AvgIpc) is 2.54. The van der Waals surface area contributed by atoms with Gasteiger partial charge < -0.3 is 20.3 Å². The number of aliphatic hydroxyl groups is 1. The third-order valence-corrected chi connectivity index (χ3v) is 3.49. The van der Waals surface area contributed by atoms with E-state index in [9.17, 15) is 5.11 Å². The molecular weight excluding hydrogens is 302 g/mol. The van der Waals surface area contributed by atoms with Crippen LogP contribution in [0.4, 0.5) is 0 Å². The molecule has 2 rings (SSSR count). The molecule has 4 nitrogen and oxygen atoms in total. The molecule has 0 heterocycles. The Hall–Kier alpha value is -1.75. The molecule has 5 heteroatoms. The second-order valence-corrected chi connectivity index (χ2v) is 4.90. The minimum Gasteiger partial charge on any atom is -0.493 e. The maximum Gasteiger partial charge on any atom is 0.161 e. The molecular formula is C17H22ClNO3. The predicted molar refractivity (Wildman–Crippen MR) is 89.9 cm³/mol. The van der Waals surface area contributed by atoms with Crippen LogP contribution >= 0.6 is 12.4 Å². The molecule has 0 aliphatic rings. The van der Waals surface area contributed by atoms with Gasteiger partial charge in [0.25, 0.3) is 0 Å². The topological polar surface area (TPSA) is 64.7 Å². The van der Waals surface area contributed by atoms with E-state index in [-0.39, 0.29) is 12.4 Å². The van der Waals surface area contributed by atoms with Crippen molar-refractivity contribution in [3.05, 3.63) is 59.7 Å². The summed E-state index contributed by atoms with van der Waals surface area (Å²) in [5.41, 5.74) is 8.03. The van der Waals surface area contributed by atoms with Crippen LogP contribution in [0.25, 0.3) is 0 Å². The Labute approximate surface area is 137 Å². The SMILES string of the molecule is COc1ccc([C@H](N)[C@H](O)Cc2ccccc2)cc1OC.Cl. The minimum atomic E-state index is -0.662. The average molecular weight is 324 g/mol. The van der Waals surface area contributed by atoms with Gasteiger partial charge in [0, 0.05) is 6.42 Å². The van der Waals surface area contributed by atoms with Crippen molar-refractivity contribution in [3.63, 3.8) is 0 Å². The molecule has 0 fully saturated rings. The van der Waals surface area contributed by atoms with Gasteiger partial charge in [0.1, 0.15) is 0 Å². The van der Waals surface area contributed by atoms with E-state index in [1.54, 1.807) is 26.4 Å². The van der Waals surface area contributed by atoms with Gasteiger partial charge in [-0.2, -0.15) is 0 Å². The third-order valence-electron chi connectivity index (χ3n) is 3.49. The molecule has 2 aromatic rings. The summed E-state index contributed by atoms with van der Waals surface area (Å²) in [4.78, 5) is 0. The van der Waals surface area contributed by atoms with Crippen LogP contribution in [-0.2, 0) is 6.42 Å². The molecule has 0 amide bonds. The summed E-state index contributed by atoms with van der Waals surface area (Å²) in [6, 6.07) is 14.8. The number of nitrogens with two attached hydrogens (primary N) is 1. The van der Waals surface area contributed by atoms with Gasteiger partial charge in [0.05, 0.1) is 26.4 Å². The lowest BCUT2D eigenvalue weighted by molar-refractivity contribution is 0.145. The number of hydrogen-bond donors (Lipinski definition) is 2. The van der Waals surface area contributed by atoms with Gasteiger partial charge in [0.2, 0.25) is 0 Å². The van der Waals surface area contributed by atoms with E-state index in [1.165, 1.54) is 0 Å². The summed E-state index contributed by atoms with van der Waals surface area (Å²) in [6.07, 6.45) is -0.151. The van der Waals surface area contributed by atoms with Gasteiger partial charge in [-0.15, -0.1) is 12.4 Å². The van der Waals surface area contributed by atoms with Crippen molar-refractivity contribution in [2.75, 3.05) is 14.2 Å². The van der Waals surface area contributed by atoms with Crippen molar-refractivity contribution in [2.24, 2.45) is 5.73 Å². The highest BCUT2D eigenvalue weighted by molar-refractivity contribution is 5.85. The van der Waals surface area contributed by atoms with Crippen LogP contribution in [0.5, 0.6) is 11.5 Å². The standard InChI is InChI=1S/C17H21NO3.ClH/c1-20-15-9-8-13(11-16(15)21-2)17(18)14(19)10-12-6-4-3-5-7-12;/h3-9,11,14,17,19H,10,18H2,1-2H3;1H/t14-,17+;/m1./s1. The van der Waals surface area contributed by atoms with Gasteiger partial charge >= 0.3 is 0 Å². The summed E-state index contributed by atoms with van der Waals surface area (Å²) in [5.74, 6) is 1.25. The third kappa shape index (κ3) is 4.37. The first-order valence-electron chi connectivity index (χ1n) is 6.85. The molecule has 0 bridgehead atoms. The summed E-state index contributed by atoms with van der Waals surface area (Å²) in [5, 5.41) is 10.3. The Morgan fingerprint density at radius 2 is 1.64 bits per heavy atom. The largest absolute Gasteiger partial charge is 0.493 e. The number of aliphatic hydroxyl groups excluding tert-OH is 1. The van der Waals surface area contributed by atoms with Crippen molar-refractivity contribution in [1.29, 1.82) is 0 Å². The van der Waals surface area contributed by atoms with Crippen LogP contribution in [0.15, 0.2) is 48.5 Å². The zero-order chi connectivity index (χ0) is 15.2. The van der Waals surface area contributed by atoms with Crippen LogP contribution in [-0.4, -0.2) is 25.4 Å². The molecule has 0 aromatic heterocycles. The van der Waals surface area contributed by atoms with Crippen LogP contribution in [0.3, 0.4) is 0 Å². The van der Waals surface area contributed by atoms with Crippen molar-refractivity contribution in [2.45, 2.75) is 18.6 Å². The van der Waals surface area contributed by atoms with Gasteiger partial charge in [0.15, 0.2) is 11.5 Å². The molecule has 120 valence electrons. The lowest BCUT2D eigenvalue weighted by atomic mass is 9.96. The Bertz CT molecular complexity index is 577. The Morgan fingerprint density at radius 1 is 1.00 bits per heavy atom. The molecule has 0 aliphatic heterocycles. The van der Waals surface area contributed by atoms with E-state index in [0.717, 1.165) is 11.1 Å². The lowest BCUT2D eigenvalue weighted by Crippen LogP contribution is -2.28. The molecule has 0 unspecified atom stereocenters. The normalized spacial score (nSPS) is 12.9. The Morgan fingerprint density at radius 3 is 2.23 bits per heavy atom. The van der Waals surface area contributed by atoms with E-state index in [2.05, 4.69) is 0 Å². The smallest absolute Gasteiger partial charge is 0.161 e. The van der Waals surface area contributed by atoms with Crippen LogP contribution in [0, 0.1) is 0 Å². The fourth-order valence-electron chi connectivity index (χ4n) is 2.26. The highest BCUT2D eigenvalue weighted by Crippen LogP contribution is 2.30. The second kappa shape index (κ2) is 8.63. The van der Waals surface area contributed by atoms with Crippen LogP contribution in [0.1, 0.15) is 17.2 Å². The summed E-state index contributed by atoms with van der Waals surface area (Å²) < 4.78 is 10.5. The number of rotatable bonds is 6. The first-order valence-corrected chi connectivity index (χ1v) is 6.85. The lowest BCUT2D eigenvalue weighted by Gasteiger charge is -2.20. The quantitative estimate of drug-likeness (QED) is 0.858. The molecule has 0 saturated heterocycles. The van der Waals surface area contributed by atoms with Crippen molar-refractivity contribution < 1.29 is 14.6 Å². The first-order chi connectivity index (χ1) is 10.2. The zero-order valence-electron chi connectivity index (χ0n) is 12.7. The van der Waals surface area contributed by atoms with E-state index in [1.807, 2.05) is 36.4 Å². The van der Waals surface area contributed by atoms with Crippen molar-refractivity contribution in [1.82, 2.24) is 0 Å². The maximum atomic E-state index is 10.3. The molecule has 0 saturated carbocycles.